The molecule has 32 heavy (non-hydrogen) atoms. The van der Waals surface area contributed by atoms with Crippen LogP contribution in [0.1, 0.15) is 17.2 Å². The van der Waals surface area contributed by atoms with Gasteiger partial charge in [0, 0.05) is 26.2 Å². The van der Waals surface area contributed by atoms with Gasteiger partial charge in [-0.3, -0.25) is 14.5 Å². The summed E-state index contributed by atoms with van der Waals surface area (Å²) in [6, 6.07) is 13.0. The lowest BCUT2D eigenvalue weighted by molar-refractivity contribution is -0.139. The van der Waals surface area contributed by atoms with Crippen LogP contribution in [0.15, 0.2) is 42.5 Å². The molecular weight excluding hydrogens is 414 g/mol. The van der Waals surface area contributed by atoms with E-state index in [-0.39, 0.29) is 25.9 Å². The molecule has 0 unspecified atom stereocenters. The van der Waals surface area contributed by atoms with Gasteiger partial charge in [-0.05, 0) is 35.4 Å². The average molecular weight is 441 g/mol. The number of methoxy groups -OCH3 is 1. The van der Waals surface area contributed by atoms with Crippen molar-refractivity contribution in [3.63, 3.8) is 0 Å². The number of benzene rings is 2. The minimum atomic E-state index is -0.681. The van der Waals surface area contributed by atoms with Crippen LogP contribution in [-0.2, 0) is 20.9 Å². The van der Waals surface area contributed by atoms with Gasteiger partial charge in [-0.15, -0.1) is 0 Å². The van der Waals surface area contributed by atoms with Crippen molar-refractivity contribution in [2.75, 3.05) is 46.8 Å². The Balaban J connectivity index is 1.37. The number of nitrogens with zero attached hydrogens (tertiary/aromatic N) is 1. The number of morpholine rings is 1. The zero-order chi connectivity index (χ0) is 22.3. The summed E-state index contributed by atoms with van der Waals surface area (Å²) in [6.07, 6.45) is 0. The fourth-order valence-corrected chi connectivity index (χ4v) is 3.78. The molecule has 1 atom stereocenters. The minimum Gasteiger partial charge on any atom is -0.497 e. The first-order valence-corrected chi connectivity index (χ1v) is 10.5. The van der Waals surface area contributed by atoms with Crippen LogP contribution in [-0.4, -0.2) is 63.5 Å². The molecule has 2 aliphatic rings. The lowest BCUT2D eigenvalue weighted by atomic mass is 10.0. The van der Waals surface area contributed by atoms with Crippen molar-refractivity contribution in [2.24, 2.45) is 0 Å². The molecule has 2 amide bonds. The monoisotopic (exact) mass is 441 g/mol. The molecule has 170 valence electrons. The molecule has 2 aromatic rings. The summed E-state index contributed by atoms with van der Waals surface area (Å²) in [5.74, 6) is 0.725. The highest BCUT2D eigenvalue weighted by atomic mass is 16.7. The second kappa shape index (κ2) is 10.3. The van der Waals surface area contributed by atoms with E-state index in [0.29, 0.717) is 30.5 Å². The summed E-state index contributed by atoms with van der Waals surface area (Å²) in [6.45, 7) is 3.43. The van der Waals surface area contributed by atoms with Crippen LogP contribution in [0.5, 0.6) is 17.2 Å². The lowest BCUT2D eigenvalue weighted by Crippen LogP contribution is -2.46. The first-order valence-electron chi connectivity index (χ1n) is 10.5. The third-order valence-electron chi connectivity index (χ3n) is 5.52. The van der Waals surface area contributed by atoms with Gasteiger partial charge in [0.1, 0.15) is 5.75 Å². The smallest absolute Gasteiger partial charge is 0.309 e. The summed E-state index contributed by atoms with van der Waals surface area (Å²) in [7, 11) is 1.58. The molecule has 4 rings (SSSR count). The van der Waals surface area contributed by atoms with Crippen LogP contribution in [0.25, 0.3) is 0 Å². The normalized spacial score (nSPS) is 16.3. The number of fused-ring (bicyclic) bond motifs is 1. The molecule has 1 saturated heterocycles. The van der Waals surface area contributed by atoms with Crippen molar-refractivity contribution in [1.29, 1.82) is 0 Å². The van der Waals surface area contributed by atoms with Crippen molar-refractivity contribution in [2.45, 2.75) is 12.6 Å². The molecule has 9 heteroatoms. The molecule has 2 N–H and O–H groups in total. The van der Waals surface area contributed by atoms with Crippen LogP contribution in [0.4, 0.5) is 0 Å². The van der Waals surface area contributed by atoms with Crippen LogP contribution >= 0.6 is 0 Å². The quantitative estimate of drug-likeness (QED) is 0.624. The van der Waals surface area contributed by atoms with Crippen molar-refractivity contribution in [3.8, 4) is 17.2 Å². The molecule has 0 aromatic heterocycles. The molecule has 2 aliphatic heterocycles. The highest BCUT2D eigenvalue weighted by Crippen LogP contribution is 2.35. The Morgan fingerprint density at radius 2 is 1.81 bits per heavy atom. The lowest BCUT2D eigenvalue weighted by Gasteiger charge is -2.34. The standard InChI is InChI=1S/C23H27N3O6/c1-29-18-4-2-3-16(11-18)13-24-22(27)23(28)25-14-19(26-7-9-30-10-8-26)17-5-6-20-21(12-17)32-15-31-20/h2-6,11-12,19H,7-10,13-15H2,1H3,(H,24,27)(H,25,28)/t19-/m0/s1. The SMILES string of the molecule is COc1cccc(CNC(=O)C(=O)NC[C@@H](c2ccc3c(c2)OCO3)N2CCOCC2)c1. The zero-order valence-electron chi connectivity index (χ0n) is 18.0. The van der Waals surface area contributed by atoms with E-state index in [4.69, 9.17) is 18.9 Å². The van der Waals surface area contributed by atoms with E-state index in [0.717, 1.165) is 24.2 Å². The van der Waals surface area contributed by atoms with Crippen molar-refractivity contribution >= 4 is 11.8 Å². The van der Waals surface area contributed by atoms with E-state index in [1.54, 1.807) is 7.11 Å². The van der Waals surface area contributed by atoms with Crippen LogP contribution in [0, 0.1) is 0 Å². The van der Waals surface area contributed by atoms with E-state index in [2.05, 4.69) is 15.5 Å². The molecule has 2 heterocycles. The van der Waals surface area contributed by atoms with Gasteiger partial charge in [-0.2, -0.15) is 0 Å². The van der Waals surface area contributed by atoms with Gasteiger partial charge in [-0.25, -0.2) is 0 Å². The Bertz CT molecular complexity index is 960. The highest BCUT2D eigenvalue weighted by Gasteiger charge is 2.26. The maximum atomic E-state index is 12.5. The minimum absolute atomic E-state index is 0.122. The zero-order valence-corrected chi connectivity index (χ0v) is 18.0. The Labute approximate surface area is 186 Å². The van der Waals surface area contributed by atoms with Crippen molar-refractivity contribution in [1.82, 2.24) is 15.5 Å². The van der Waals surface area contributed by atoms with E-state index >= 15 is 0 Å². The topological polar surface area (TPSA) is 98.4 Å². The van der Waals surface area contributed by atoms with Crippen molar-refractivity contribution in [3.05, 3.63) is 53.6 Å². The summed E-state index contributed by atoms with van der Waals surface area (Å²) >= 11 is 0. The number of hydrogen-bond donors (Lipinski definition) is 2. The summed E-state index contributed by atoms with van der Waals surface area (Å²) in [4.78, 5) is 27.0. The van der Waals surface area contributed by atoms with E-state index in [1.807, 2.05) is 42.5 Å². The summed E-state index contributed by atoms with van der Waals surface area (Å²) in [5, 5.41) is 5.43. The number of rotatable bonds is 7. The number of carbonyl (C=O) groups is 2. The number of ether oxygens (including phenoxy) is 4. The van der Waals surface area contributed by atoms with Gasteiger partial charge in [0.15, 0.2) is 11.5 Å². The third-order valence-corrected chi connectivity index (χ3v) is 5.52. The molecule has 0 aliphatic carbocycles. The fraction of sp³-hybridized carbons (Fsp3) is 0.391. The predicted molar refractivity (Wildman–Crippen MR) is 116 cm³/mol. The van der Waals surface area contributed by atoms with Gasteiger partial charge in [-0.1, -0.05) is 18.2 Å². The second-order valence-corrected chi connectivity index (χ2v) is 7.52. The van der Waals surface area contributed by atoms with Gasteiger partial charge in [0.05, 0.1) is 26.4 Å². The fourth-order valence-electron chi connectivity index (χ4n) is 3.78. The van der Waals surface area contributed by atoms with Gasteiger partial charge in [0.25, 0.3) is 0 Å². The van der Waals surface area contributed by atoms with E-state index in [1.165, 1.54) is 0 Å². The molecule has 0 saturated carbocycles. The first-order chi connectivity index (χ1) is 15.6. The Morgan fingerprint density at radius 1 is 1.03 bits per heavy atom. The molecule has 1 fully saturated rings. The second-order valence-electron chi connectivity index (χ2n) is 7.52. The Morgan fingerprint density at radius 3 is 2.62 bits per heavy atom. The Kier molecular flexibility index (Phi) is 7.08. The van der Waals surface area contributed by atoms with Crippen LogP contribution in [0.2, 0.25) is 0 Å². The largest absolute Gasteiger partial charge is 0.497 e. The maximum absolute atomic E-state index is 12.5. The van der Waals surface area contributed by atoms with E-state index in [9.17, 15) is 9.59 Å². The number of carbonyl (C=O) groups excluding carboxylic acids is 2. The van der Waals surface area contributed by atoms with E-state index < -0.39 is 11.8 Å². The van der Waals surface area contributed by atoms with Gasteiger partial charge >= 0.3 is 11.8 Å². The maximum Gasteiger partial charge on any atom is 0.309 e. The van der Waals surface area contributed by atoms with Crippen molar-refractivity contribution < 1.29 is 28.5 Å². The summed E-state index contributed by atoms with van der Waals surface area (Å²) < 4.78 is 21.6. The van der Waals surface area contributed by atoms with Gasteiger partial charge in [0.2, 0.25) is 6.79 Å². The number of nitrogens with one attached hydrogen (secondary N) is 2. The molecule has 0 spiro atoms. The van der Waals surface area contributed by atoms with Crippen LogP contribution < -0.4 is 24.8 Å². The molecule has 0 radical (unpaired) electrons. The van der Waals surface area contributed by atoms with Gasteiger partial charge < -0.3 is 29.6 Å². The molecular formula is C23H27N3O6. The predicted octanol–water partition coefficient (Wildman–Crippen LogP) is 1.23. The summed E-state index contributed by atoms with van der Waals surface area (Å²) in [5.41, 5.74) is 1.82. The highest BCUT2D eigenvalue weighted by molar-refractivity contribution is 6.35. The molecule has 2 aromatic carbocycles. The van der Waals surface area contributed by atoms with Crippen LogP contribution in [0.3, 0.4) is 0 Å². The number of amides is 2. The third kappa shape index (κ3) is 5.30. The first kappa shape index (κ1) is 21.9. The molecule has 9 nitrogen and oxygen atoms in total. The number of hydrogen-bond acceptors (Lipinski definition) is 7. The molecule has 0 bridgehead atoms. The Hall–Kier alpha value is -3.30. The average Bonchev–Trinajstić information content (AvgIpc) is 3.31.